The number of carbonyl (C=O) groups excluding carboxylic acids is 2. The third-order valence-electron chi connectivity index (χ3n) is 4.80. The minimum Gasteiger partial charge on any atom is -0.487 e. The Hall–Kier alpha value is -3.67. The van der Waals surface area contributed by atoms with Gasteiger partial charge in [0, 0.05) is 29.9 Å². The predicted octanol–water partition coefficient (Wildman–Crippen LogP) is 3.94. The number of benzene rings is 2. The number of anilines is 1. The summed E-state index contributed by atoms with van der Waals surface area (Å²) in [5.41, 5.74) is 2.93. The molecule has 6 nitrogen and oxygen atoms in total. The molecule has 2 amide bonds. The van der Waals surface area contributed by atoms with E-state index in [-0.39, 0.29) is 17.7 Å². The Morgan fingerprint density at radius 3 is 2.67 bits per heavy atom. The van der Waals surface area contributed by atoms with E-state index in [1.165, 1.54) is 0 Å². The lowest BCUT2D eigenvalue weighted by Crippen LogP contribution is -2.23. The van der Waals surface area contributed by atoms with E-state index in [2.05, 4.69) is 15.6 Å². The summed E-state index contributed by atoms with van der Waals surface area (Å²) in [4.78, 5) is 28.7. The standard InChI is InChI=1S/C24H23N3O3/c28-23(19-6-4-8-20(14-19)27-24(29)18-10-11-18)26-15-17-5-3-9-22(13-17)30-16-21-7-1-2-12-25-21/h1-9,12-14,18H,10-11,15-16H2,(H,26,28)(H,27,29). The van der Waals surface area contributed by atoms with E-state index >= 15 is 0 Å². The maximum atomic E-state index is 12.5. The van der Waals surface area contributed by atoms with E-state index in [0.29, 0.717) is 24.4 Å². The molecular weight excluding hydrogens is 378 g/mol. The van der Waals surface area contributed by atoms with Gasteiger partial charge in [-0.3, -0.25) is 14.6 Å². The van der Waals surface area contributed by atoms with Crippen LogP contribution in [-0.4, -0.2) is 16.8 Å². The van der Waals surface area contributed by atoms with E-state index in [0.717, 1.165) is 29.8 Å². The Morgan fingerprint density at radius 1 is 1.00 bits per heavy atom. The highest BCUT2D eigenvalue weighted by molar-refractivity contribution is 5.98. The number of pyridine rings is 1. The smallest absolute Gasteiger partial charge is 0.251 e. The number of hydrogen-bond acceptors (Lipinski definition) is 4. The van der Waals surface area contributed by atoms with E-state index in [1.807, 2.05) is 42.5 Å². The van der Waals surface area contributed by atoms with Crippen LogP contribution >= 0.6 is 0 Å². The Balaban J connectivity index is 1.32. The third-order valence-corrected chi connectivity index (χ3v) is 4.80. The zero-order valence-corrected chi connectivity index (χ0v) is 16.5. The summed E-state index contributed by atoms with van der Waals surface area (Å²) < 4.78 is 5.79. The van der Waals surface area contributed by atoms with Gasteiger partial charge < -0.3 is 15.4 Å². The molecular formula is C24H23N3O3. The number of ether oxygens (including phenoxy) is 1. The molecule has 1 aliphatic carbocycles. The fourth-order valence-corrected chi connectivity index (χ4v) is 3.00. The van der Waals surface area contributed by atoms with Gasteiger partial charge in [0.25, 0.3) is 5.91 Å². The lowest BCUT2D eigenvalue weighted by Gasteiger charge is -2.10. The van der Waals surface area contributed by atoms with Crippen LogP contribution in [0.4, 0.5) is 5.69 Å². The van der Waals surface area contributed by atoms with Crippen molar-refractivity contribution < 1.29 is 14.3 Å². The first-order valence-corrected chi connectivity index (χ1v) is 9.98. The molecule has 3 aromatic rings. The summed E-state index contributed by atoms with van der Waals surface area (Å²) in [6.45, 7) is 0.758. The number of amides is 2. The highest BCUT2D eigenvalue weighted by Gasteiger charge is 2.29. The SMILES string of the molecule is O=C(NCc1cccc(OCc2ccccn2)c1)c1cccc(NC(=O)C2CC2)c1. The molecule has 1 aliphatic rings. The fourth-order valence-electron chi connectivity index (χ4n) is 3.00. The Kier molecular flexibility index (Phi) is 6.03. The molecule has 30 heavy (non-hydrogen) atoms. The summed E-state index contributed by atoms with van der Waals surface area (Å²) in [5, 5.41) is 5.78. The Labute approximate surface area is 175 Å². The topological polar surface area (TPSA) is 80.3 Å². The summed E-state index contributed by atoms with van der Waals surface area (Å²) in [6.07, 6.45) is 3.62. The van der Waals surface area contributed by atoms with Crippen molar-refractivity contribution in [2.24, 2.45) is 5.92 Å². The second kappa shape index (κ2) is 9.22. The second-order valence-corrected chi connectivity index (χ2v) is 7.28. The van der Waals surface area contributed by atoms with Crippen molar-refractivity contribution in [3.05, 3.63) is 89.7 Å². The van der Waals surface area contributed by atoms with Crippen LogP contribution in [0.5, 0.6) is 5.75 Å². The van der Waals surface area contributed by atoms with Crippen molar-refractivity contribution in [2.75, 3.05) is 5.32 Å². The van der Waals surface area contributed by atoms with Crippen LogP contribution in [0.1, 0.15) is 34.5 Å². The van der Waals surface area contributed by atoms with Gasteiger partial charge in [0.15, 0.2) is 0 Å². The predicted molar refractivity (Wildman–Crippen MR) is 114 cm³/mol. The normalized spacial score (nSPS) is 12.8. The second-order valence-electron chi connectivity index (χ2n) is 7.28. The number of carbonyl (C=O) groups is 2. The zero-order chi connectivity index (χ0) is 20.8. The molecule has 152 valence electrons. The van der Waals surface area contributed by atoms with Crippen molar-refractivity contribution >= 4 is 17.5 Å². The molecule has 0 radical (unpaired) electrons. The number of rotatable bonds is 8. The lowest BCUT2D eigenvalue weighted by molar-refractivity contribution is -0.117. The van der Waals surface area contributed by atoms with Gasteiger partial charge in [-0.15, -0.1) is 0 Å². The average Bonchev–Trinajstić information content (AvgIpc) is 3.63. The minimum atomic E-state index is -0.197. The van der Waals surface area contributed by atoms with Gasteiger partial charge >= 0.3 is 0 Å². The van der Waals surface area contributed by atoms with E-state index in [4.69, 9.17) is 4.74 Å². The number of nitrogens with zero attached hydrogens (tertiary/aromatic N) is 1. The first-order valence-electron chi connectivity index (χ1n) is 9.98. The zero-order valence-electron chi connectivity index (χ0n) is 16.5. The molecule has 1 heterocycles. The van der Waals surface area contributed by atoms with Crippen LogP contribution in [0.25, 0.3) is 0 Å². The van der Waals surface area contributed by atoms with Gasteiger partial charge in [-0.1, -0.05) is 24.3 Å². The van der Waals surface area contributed by atoms with Crippen LogP contribution in [0.15, 0.2) is 72.9 Å². The lowest BCUT2D eigenvalue weighted by atomic mass is 10.1. The number of hydrogen-bond donors (Lipinski definition) is 2. The van der Waals surface area contributed by atoms with E-state index in [1.54, 1.807) is 30.5 Å². The van der Waals surface area contributed by atoms with Crippen LogP contribution in [0.2, 0.25) is 0 Å². The molecule has 2 N–H and O–H groups in total. The summed E-state index contributed by atoms with van der Waals surface area (Å²) in [6, 6.07) is 20.3. The highest BCUT2D eigenvalue weighted by Crippen LogP contribution is 2.30. The summed E-state index contributed by atoms with van der Waals surface area (Å²) >= 11 is 0. The van der Waals surface area contributed by atoms with Crippen molar-refractivity contribution in [1.82, 2.24) is 10.3 Å². The van der Waals surface area contributed by atoms with Crippen molar-refractivity contribution in [2.45, 2.75) is 26.0 Å². The van der Waals surface area contributed by atoms with E-state index < -0.39 is 0 Å². The minimum absolute atomic E-state index is 0.0232. The van der Waals surface area contributed by atoms with Gasteiger partial charge in [-0.05, 0) is 60.9 Å². The molecule has 1 aromatic heterocycles. The number of aromatic nitrogens is 1. The molecule has 0 spiro atoms. The molecule has 2 aromatic carbocycles. The van der Waals surface area contributed by atoms with Crippen LogP contribution in [0.3, 0.4) is 0 Å². The summed E-state index contributed by atoms with van der Waals surface area (Å²) in [7, 11) is 0. The van der Waals surface area contributed by atoms with E-state index in [9.17, 15) is 9.59 Å². The average molecular weight is 401 g/mol. The Morgan fingerprint density at radius 2 is 1.87 bits per heavy atom. The largest absolute Gasteiger partial charge is 0.487 e. The molecule has 1 fully saturated rings. The van der Waals surface area contributed by atoms with Gasteiger partial charge in [0.1, 0.15) is 12.4 Å². The van der Waals surface area contributed by atoms with Crippen LogP contribution in [0, 0.1) is 5.92 Å². The molecule has 6 heteroatoms. The number of nitrogens with one attached hydrogen (secondary N) is 2. The Bertz CT molecular complexity index is 1030. The molecule has 4 rings (SSSR count). The quantitative estimate of drug-likeness (QED) is 0.599. The molecule has 0 aliphatic heterocycles. The first kappa shape index (κ1) is 19.6. The van der Waals surface area contributed by atoms with Crippen molar-refractivity contribution in [3.63, 3.8) is 0 Å². The fraction of sp³-hybridized carbons (Fsp3) is 0.208. The van der Waals surface area contributed by atoms with Crippen molar-refractivity contribution in [3.8, 4) is 5.75 Å². The first-order chi connectivity index (χ1) is 14.7. The van der Waals surface area contributed by atoms with Crippen molar-refractivity contribution in [1.29, 1.82) is 0 Å². The molecule has 0 unspecified atom stereocenters. The maximum Gasteiger partial charge on any atom is 0.251 e. The monoisotopic (exact) mass is 401 g/mol. The van der Waals surface area contributed by atoms with Gasteiger partial charge in [-0.25, -0.2) is 0 Å². The highest BCUT2D eigenvalue weighted by atomic mass is 16.5. The van der Waals surface area contributed by atoms with Gasteiger partial charge in [-0.2, -0.15) is 0 Å². The molecule has 0 atom stereocenters. The molecule has 0 bridgehead atoms. The van der Waals surface area contributed by atoms with Crippen LogP contribution < -0.4 is 15.4 Å². The molecule has 1 saturated carbocycles. The van der Waals surface area contributed by atoms with Gasteiger partial charge in [0.2, 0.25) is 5.91 Å². The van der Waals surface area contributed by atoms with Gasteiger partial charge in [0.05, 0.1) is 5.69 Å². The van der Waals surface area contributed by atoms with Crippen LogP contribution in [-0.2, 0) is 17.9 Å². The maximum absolute atomic E-state index is 12.5. The third kappa shape index (κ3) is 5.44. The molecule has 0 saturated heterocycles. The summed E-state index contributed by atoms with van der Waals surface area (Å²) in [5.74, 6) is 0.666.